The number of esters is 2. The number of methoxy groups -OCH3 is 1. The van der Waals surface area contributed by atoms with Gasteiger partial charge in [0.25, 0.3) is 0 Å². The molecule has 3 N–H and O–H groups in total. The van der Waals surface area contributed by atoms with E-state index in [2.05, 4.69) is 15.6 Å². The molecule has 0 radical (unpaired) electrons. The van der Waals surface area contributed by atoms with Gasteiger partial charge in [-0.15, -0.1) is 0 Å². The SMILES string of the molecule is COC(=O)[C@H](C)NC(=O)[C@H](Cc1c(C(CCSC)C(=O)OCc2ccccc2)[nH]c2ccccc12)NC(=O)OC(C)(C)C. The summed E-state index contributed by atoms with van der Waals surface area (Å²) in [7, 11) is 1.23. The van der Waals surface area contributed by atoms with Crippen molar-refractivity contribution in [1.29, 1.82) is 0 Å². The fourth-order valence-corrected chi connectivity index (χ4v) is 5.07. The number of ether oxygens (including phenoxy) is 3. The van der Waals surface area contributed by atoms with E-state index in [0.29, 0.717) is 23.4 Å². The van der Waals surface area contributed by atoms with E-state index in [1.807, 2.05) is 60.9 Å². The Kier molecular flexibility index (Phi) is 12.1. The molecule has 0 saturated carbocycles. The van der Waals surface area contributed by atoms with E-state index in [9.17, 15) is 19.2 Å². The second kappa shape index (κ2) is 15.5. The molecule has 0 fully saturated rings. The predicted octanol–water partition coefficient (Wildman–Crippen LogP) is 4.86. The molecule has 11 heteroatoms. The number of aromatic amines is 1. The maximum atomic E-state index is 13.6. The number of hydrogen-bond donors (Lipinski definition) is 3. The number of para-hydroxylation sites is 1. The zero-order chi connectivity index (χ0) is 31.6. The molecule has 43 heavy (non-hydrogen) atoms. The summed E-state index contributed by atoms with van der Waals surface area (Å²) in [5.41, 5.74) is 2.13. The number of carbonyl (C=O) groups excluding carboxylic acids is 4. The second-order valence-electron chi connectivity index (χ2n) is 11.1. The van der Waals surface area contributed by atoms with Gasteiger partial charge in [-0.2, -0.15) is 11.8 Å². The Balaban J connectivity index is 2.01. The monoisotopic (exact) mass is 611 g/mol. The summed E-state index contributed by atoms with van der Waals surface area (Å²) in [5.74, 6) is -1.59. The normalized spacial score (nSPS) is 13.4. The molecule has 2 amide bonds. The standard InChI is InChI=1S/C32H41N3O7S/c1-20(29(37)40-5)33-28(36)26(35-31(39)42-32(2,3)4)18-24-22-14-10-11-15-25(22)34-27(24)23(16-17-43-6)30(38)41-19-21-12-8-7-9-13-21/h7-15,20,23,26,34H,16-19H2,1-6H3,(H,33,36)(H,35,39)/t20-,23?,26-/m0/s1. The van der Waals surface area contributed by atoms with Crippen LogP contribution >= 0.6 is 11.8 Å². The Labute approximate surface area is 256 Å². The van der Waals surface area contributed by atoms with Gasteiger partial charge in [-0.1, -0.05) is 48.5 Å². The largest absolute Gasteiger partial charge is 0.467 e. The zero-order valence-corrected chi connectivity index (χ0v) is 26.3. The van der Waals surface area contributed by atoms with E-state index in [1.54, 1.807) is 32.5 Å². The molecular formula is C32H41N3O7S. The predicted molar refractivity (Wildman–Crippen MR) is 167 cm³/mol. The van der Waals surface area contributed by atoms with Crippen molar-refractivity contribution in [3.05, 3.63) is 71.4 Å². The van der Waals surface area contributed by atoms with Gasteiger partial charge >= 0.3 is 18.0 Å². The number of nitrogens with one attached hydrogen (secondary N) is 3. The number of benzene rings is 2. The highest BCUT2D eigenvalue weighted by molar-refractivity contribution is 7.98. The number of amides is 2. The number of alkyl carbamates (subject to hydrolysis) is 1. The van der Waals surface area contributed by atoms with E-state index in [-0.39, 0.29) is 13.0 Å². The van der Waals surface area contributed by atoms with Crippen molar-refractivity contribution >= 4 is 46.6 Å². The molecule has 2 aromatic carbocycles. The van der Waals surface area contributed by atoms with Crippen LogP contribution in [0.2, 0.25) is 0 Å². The van der Waals surface area contributed by atoms with Crippen molar-refractivity contribution < 1.29 is 33.4 Å². The van der Waals surface area contributed by atoms with Crippen LogP contribution in [-0.4, -0.2) is 65.7 Å². The van der Waals surface area contributed by atoms with Crippen LogP contribution in [0.1, 0.15) is 56.9 Å². The third-order valence-electron chi connectivity index (χ3n) is 6.64. The molecular weight excluding hydrogens is 570 g/mol. The molecule has 1 aromatic heterocycles. The van der Waals surface area contributed by atoms with Gasteiger partial charge in [-0.25, -0.2) is 9.59 Å². The van der Waals surface area contributed by atoms with Gasteiger partial charge in [-0.05, 0) is 63.3 Å². The van der Waals surface area contributed by atoms with Crippen LogP contribution in [0.5, 0.6) is 0 Å². The average Bonchev–Trinajstić information content (AvgIpc) is 3.32. The van der Waals surface area contributed by atoms with Crippen LogP contribution < -0.4 is 10.6 Å². The van der Waals surface area contributed by atoms with Crippen molar-refractivity contribution in [2.24, 2.45) is 0 Å². The summed E-state index contributed by atoms with van der Waals surface area (Å²) in [5, 5.41) is 6.08. The summed E-state index contributed by atoms with van der Waals surface area (Å²) >= 11 is 1.61. The molecule has 10 nitrogen and oxygen atoms in total. The third kappa shape index (κ3) is 9.77. The summed E-state index contributed by atoms with van der Waals surface area (Å²) in [4.78, 5) is 55.4. The topological polar surface area (TPSA) is 136 Å². The highest BCUT2D eigenvalue weighted by Crippen LogP contribution is 2.33. The number of fused-ring (bicyclic) bond motifs is 1. The first kappa shape index (κ1) is 33.5. The number of H-pyrrole nitrogens is 1. The van der Waals surface area contributed by atoms with Crippen molar-refractivity contribution in [2.75, 3.05) is 19.1 Å². The van der Waals surface area contributed by atoms with Crippen LogP contribution in [0.3, 0.4) is 0 Å². The summed E-state index contributed by atoms with van der Waals surface area (Å²) < 4.78 is 16.0. The minimum absolute atomic E-state index is 0.0139. The highest BCUT2D eigenvalue weighted by Gasteiger charge is 2.32. The number of rotatable bonds is 13. The van der Waals surface area contributed by atoms with Gasteiger partial charge in [0.05, 0.1) is 13.0 Å². The molecule has 0 aliphatic heterocycles. The highest BCUT2D eigenvalue weighted by atomic mass is 32.2. The van der Waals surface area contributed by atoms with E-state index in [0.717, 1.165) is 16.5 Å². The summed E-state index contributed by atoms with van der Waals surface area (Å²) in [6.45, 7) is 6.77. The van der Waals surface area contributed by atoms with Crippen molar-refractivity contribution in [1.82, 2.24) is 15.6 Å². The van der Waals surface area contributed by atoms with E-state index >= 15 is 0 Å². The molecule has 232 valence electrons. The van der Waals surface area contributed by atoms with E-state index in [1.165, 1.54) is 14.0 Å². The summed E-state index contributed by atoms with van der Waals surface area (Å²) in [6, 6.07) is 14.9. The number of carbonyl (C=O) groups is 4. The molecule has 0 bridgehead atoms. The van der Waals surface area contributed by atoms with Crippen LogP contribution in [0.25, 0.3) is 10.9 Å². The lowest BCUT2D eigenvalue weighted by atomic mass is 9.93. The van der Waals surface area contributed by atoms with Crippen molar-refractivity contribution in [3.8, 4) is 0 Å². The maximum absolute atomic E-state index is 13.6. The molecule has 1 unspecified atom stereocenters. The number of aromatic nitrogens is 1. The number of hydrogen-bond acceptors (Lipinski definition) is 8. The minimum Gasteiger partial charge on any atom is -0.467 e. The van der Waals surface area contributed by atoms with Crippen LogP contribution in [0.4, 0.5) is 4.79 Å². The molecule has 1 heterocycles. The maximum Gasteiger partial charge on any atom is 0.408 e. The Morgan fingerprint density at radius 2 is 1.63 bits per heavy atom. The zero-order valence-electron chi connectivity index (χ0n) is 25.5. The fourth-order valence-electron chi connectivity index (χ4n) is 4.60. The Morgan fingerprint density at radius 3 is 2.28 bits per heavy atom. The van der Waals surface area contributed by atoms with Crippen LogP contribution in [0.15, 0.2) is 54.6 Å². The van der Waals surface area contributed by atoms with Crippen LogP contribution in [-0.2, 0) is 41.6 Å². The minimum atomic E-state index is -1.14. The molecule has 0 aliphatic carbocycles. The van der Waals surface area contributed by atoms with Gasteiger partial charge in [0.1, 0.15) is 24.3 Å². The van der Waals surface area contributed by atoms with Gasteiger partial charge in [0, 0.05) is 23.0 Å². The average molecular weight is 612 g/mol. The lowest BCUT2D eigenvalue weighted by Gasteiger charge is -2.25. The van der Waals surface area contributed by atoms with Crippen molar-refractivity contribution in [3.63, 3.8) is 0 Å². The van der Waals surface area contributed by atoms with E-state index < -0.39 is 47.5 Å². The lowest BCUT2D eigenvalue weighted by molar-refractivity contribution is -0.147. The van der Waals surface area contributed by atoms with Gasteiger partial charge < -0.3 is 29.8 Å². The molecule has 3 atom stereocenters. The Bertz CT molecular complexity index is 1400. The molecule has 0 saturated heterocycles. The molecule has 0 spiro atoms. The Morgan fingerprint density at radius 1 is 0.953 bits per heavy atom. The van der Waals surface area contributed by atoms with Gasteiger partial charge in [0.2, 0.25) is 5.91 Å². The first-order valence-corrected chi connectivity index (χ1v) is 15.5. The lowest BCUT2D eigenvalue weighted by Crippen LogP contribution is -2.52. The van der Waals surface area contributed by atoms with Gasteiger partial charge in [-0.3, -0.25) is 9.59 Å². The molecule has 0 aliphatic rings. The first-order chi connectivity index (χ1) is 20.4. The number of thioether (sulfide) groups is 1. The molecule has 3 rings (SSSR count). The fraction of sp³-hybridized carbons (Fsp3) is 0.438. The Hall–Kier alpha value is -3.99. The van der Waals surface area contributed by atoms with Gasteiger partial charge in [0.15, 0.2) is 0 Å². The summed E-state index contributed by atoms with van der Waals surface area (Å²) in [6.07, 6.45) is 1.68. The quantitative estimate of drug-likeness (QED) is 0.184. The third-order valence-corrected chi connectivity index (χ3v) is 7.29. The molecule has 3 aromatic rings. The first-order valence-electron chi connectivity index (χ1n) is 14.1. The van der Waals surface area contributed by atoms with Crippen molar-refractivity contribution in [2.45, 2.75) is 70.7 Å². The van der Waals surface area contributed by atoms with E-state index in [4.69, 9.17) is 14.2 Å². The van der Waals surface area contributed by atoms with Crippen LogP contribution in [0, 0.1) is 0 Å². The smallest absolute Gasteiger partial charge is 0.408 e. The second-order valence-corrected chi connectivity index (χ2v) is 12.1.